The molecule has 1 aromatic carbocycles. The van der Waals surface area contributed by atoms with Crippen molar-refractivity contribution in [3.63, 3.8) is 0 Å². The van der Waals surface area contributed by atoms with Crippen LogP contribution in [0.1, 0.15) is 50.5 Å². The van der Waals surface area contributed by atoms with E-state index in [0.29, 0.717) is 0 Å². The summed E-state index contributed by atoms with van der Waals surface area (Å²) in [5.41, 5.74) is 1.63. The highest BCUT2D eigenvalue weighted by Gasteiger charge is 2.12. The van der Waals surface area contributed by atoms with Gasteiger partial charge in [0.15, 0.2) is 0 Å². The van der Waals surface area contributed by atoms with Crippen molar-refractivity contribution < 1.29 is 0 Å². The van der Waals surface area contributed by atoms with Crippen LogP contribution in [0.15, 0.2) is 24.3 Å². The van der Waals surface area contributed by atoms with Crippen LogP contribution >= 0.6 is 11.3 Å². The Morgan fingerprint density at radius 1 is 1.11 bits per heavy atom. The zero-order valence-corrected chi connectivity index (χ0v) is 12.6. The van der Waals surface area contributed by atoms with E-state index >= 15 is 0 Å². The largest absolute Gasteiger partial charge is 0.140 e. The number of hydrogen-bond donors (Lipinski definition) is 0. The zero-order chi connectivity index (χ0) is 13.0. The smallest absolute Gasteiger partial charge is 0.0348 e. The summed E-state index contributed by atoms with van der Waals surface area (Å²) in [6.07, 6.45) is 6.51. The van der Waals surface area contributed by atoms with Crippen molar-refractivity contribution in [1.29, 1.82) is 0 Å². The zero-order valence-electron chi connectivity index (χ0n) is 11.8. The SMILES string of the molecule is CCCCCc1sc2ccccc2c1CC(C)C. The van der Waals surface area contributed by atoms with E-state index in [-0.39, 0.29) is 0 Å². The number of aryl methyl sites for hydroxylation is 1. The molecule has 0 aliphatic carbocycles. The summed E-state index contributed by atoms with van der Waals surface area (Å²) in [6, 6.07) is 8.91. The minimum Gasteiger partial charge on any atom is -0.140 e. The van der Waals surface area contributed by atoms with Gasteiger partial charge >= 0.3 is 0 Å². The summed E-state index contributed by atoms with van der Waals surface area (Å²) >= 11 is 2.02. The molecule has 0 N–H and O–H groups in total. The summed E-state index contributed by atoms with van der Waals surface area (Å²) in [4.78, 5) is 1.64. The third kappa shape index (κ3) is 3.14. The molecular weight excluding hydrogens is 236 g/mol. The third-order valence-electron chi connectivity index (χ3n) is 3.40. The summed E-state index contributed by atoms with van der Waals surface area (Å²) < 4.78 is 1.47. The van der Waals surface area contributed by atoms with Crippen molar-refractivity contribution in [3.8, 4) is 0 Å². The second-order valence-electron chi connectivity index (χ2n) is 5.56. The normalized spacial score (nSPS) is 11.6. The average molecular weight is 260 g/mol. The van der Waals surface area contributed by atoms with Gasteiger partial charge in [-0.3, -0.25) is 0 Å². The first-order chi connectivity index (χ1) is 8.72. The maximum Gasteiger partial charge on any atom is 0.0348 e. The molecule has 1 heteroatoms. The number of unbranched alkanes of at least 4 members (excludes halogenated alkanes) is 2. The predicted octanol–water partition coefficient (Wildman–Crippen LogP) is 5.83. The van der Waals surface area contributed by atoms with Crippen molar-refractivity contribution in [2.24, 2.45) is 5.92 Å². The average Bonchev–Trinajstić information content (AvgIpc) is 2.68. The lowest BCUT2D eigenvalue weighted by Crippen LogP contribution is -1.96. The fourth-order valence-electron chi connectivity index (χ4n) is 2.52. The first kappa shape index (κ1) is 13.6. The second kappa shape index (κ2) is 6.38. The molecule has 1 aromatic heterocycles. The Labute approximate surface area is 115 Å². The van der Waals surface area contributed by atoms with E-state index in [0.717, 1.165) is 5.92 Å². The maximum atomic E-state index is 2.32. The Bertz CT molecular complexity index is 493. The first-order valence-corrected chi connectivity index (χ1v) is 8.03. The van der Waals surface area contributed by atoms with Gasteiger partial charge < -0.3 is 0 Å². The Hall–Kier alpha value is -0.820. The monoisotopic (exact) mass is 260 g/mol. The third-order valence-corrected chi connectivity index (χ3v) is 4.67. The summed E-state index contributed by atoms with van der Waals surface area (Å²) in [7, 11) is 0. The number of rotatable bonds is 6. The molecule has 0 atom stereocenters. The van der Waals surface area contributed by atoms with E-state index in [1.54, 1.807) is 10.4 Å². The van der Waals surface area contributed by atoms with Crippen molar-refractivity contribution in [1.82, 2.24) is 0 Å². The minimum absolute atomic E-state index is 0.743. The Morgan fingerprint density at radius 2 is 1.89 bits per heavy atom. The lowest BCUT2D eigenvalue weighted by molar-refractivity contribution is 0.643. The standard InChI is InChI=1S/C17H24S/c1-4-5-6-10-17-15(12-13(2)3)14-9-7-8-11-16(14)18-17/h7-9,11,13H,4-6,10,12H2,1-3H3. The van der Waals surface area contributed by atoms with Crippen LogP contribution in [0.3, 0.4) is 0 Å². The molecule has 2 rings (SSSR count). The van der Waals surface area contributed by atoms with Crippen LogP contribution in [0.4, 0.5) is 0 Å². The number of benzene rings is 1. The molecule has 0 fully saturated rings. The highest BCUT2D eigenvalue weighted by molar-refractivity contribution is 7.19. The van der Waals surface area contributed by atoms with Crippen molar-refractivity contribution in [3.05, 3.63) is 34.7 Å². The molecule has 0 unspecified atom stereocenters. The molecule has 0 radical (unpaired) electrons. The topological polar surface area (TPSA) is 0 Å². The van der Waals surface area contributed by atoms with Gasteiger partial charge in [-0.05, 0) is 42.2 Å². The van der Waals surface area contributed by atoms with E-state index in [2.05, 4.69) is 45.0 Å². The molecule has 0 saturated carbocycles. The highest BCUT2D eigenvalue weighted by Crippen LogP contribution is 2.34. The highest BCUT2D eigenvalue weighted by atomic mass is 32.1. The number of thiophene rings is 1. The molecule has 0 aliphatic heterocycles. The number of hydrogen-bond acceptors (Lipinski definition) is 1. The van der Waals surface area contributed by atoms with Gasteiger partial charge in [0.25, 0.3) is 0 Å². The van der Waals surface area contributed by atoms with E-state index in [4.69, 9.17) is 0 Å². The van der Waals surface area contributed by atoms with Gasteiger partial charge in [-0.25, -0.2) is 0 Å². The van der Waals surface area contributed by atoms with E-state index in [1.807, 2.05) is 11.3 Å². The molecule has 0 amide bonds. The molecular formula is C17H24S. The van der Waals surface area contributed by atoms with Crippen LogP contribution in [-0.2, 0) is 12.8 Å². The molecule has 0 aliphatic rings. The Kier molecular flexibility index (Phi) is 4.82. The Balaban J connectivity index is 2.30. The van der Waals surface area contributed by atoms with Crippen LogP contribution in [0.25, 0.3) is 10.1 Å². The first-order valence-electron chi connectivity index (χ1n) is 7.21. The van der Waals surface area contributed by atoms with Gasteiger partial charge in [0.05, 0.1) is 0 Å². The van der Waals surface area contributed by atoms with Crippen LogP contribution in [-0.4, -0.2) is 0 Å². The molecule has 0 nitrogen and oxygen atoms in total. The van der Waals surface area contributed by atoms with Gasteiger partial charge in [0, 0.05) is 9.58 Å². The molecule has 98 valence electrons. The van der Waals surface area contributed by atoms with Gasteiger partial charge in [-0.2, -0.15) is 0 Å². The van der Waals surface area contributed by atoms with Crippen LogP contribution in [0.2, 0.25) is 0 Å². The van der Waals surface area contributed by atoms with Crippen molar-refractivity contribution in [2.45, 2.75) is 52.9 Å². The van der Waals surface area contributed by atoms with Crippen LogP contribution in [0, 0.1) is 5.92 Å². The van der Waals surface area contributed by atoms with E-state index < -0.39 is 0 Å². The van der Waals surface area contributed by atoms with E-state index in [9.17, 15) is 0 Å². The van der Waals surface area contributed by atoms with Gasteiger partial charge in [0.1, 0.15) is 0 Å². The minimum atomic E-state index is 0.743. The van der Waals surface area contributed by atoms with Gasteiger partial charge in [-0.15, -0.1) is 11.3 Å². The summed E-state index contributed by atoms with van der Waals surface area (Å²) in [6.45, 7) is 6.92. The Morgan fingerprint density at radius 3 is 2.61 bits per heavy atom. The summed E-state index contributed by atoms with van der Waals surface area (Å²) in [5.74, 6) is 0.743. The molecule has 18 heavy (non-hydrogen) atoms. The molecule has 0 bridgehead atoms. The lowest BCUT2D eigenvalue weighted by atomic mass is 9.98. The predicted molar refractivity (Wildman–Crippen MR) is 83.6 cm³/mol. The van der Waals surface area contributed by atoms with E-state index in [1.165, 1.54) is 42.2 Å². The fraction of sp³-hybridized carbons (Fsp3) is 0.529. The molecule has 2 aromatic rings. The maximum absolute atomic E-state index is 2.32. The summed E-state index contributed by atoms with van der Waals surface area (Å²) in [5, 5.41) is 1.50. The number of fused-ring (bicyclic) bond motifs is 1. The van der Waals surface area contributed by atoms with Gasteiger partial charge in [-0.1, -0.05) is 51.8 Å². The molecule has 0 spiro atoms. The fourth-order valence-corrected chi connectivity index (χ4v) is 3.80. The second-order valence-corrected chi connectivity index (χ2v) is 6.69. The lowest BCUT2D eigenvalue weighted by Gasteiger charge is -2.07. The van der Waals surface area contributed by atoms with Crippen LogP contribution < -0.4 is 0 Å². The quantitative estimate of drug-likeness (QED) is 0.573. The van der Waals surface area contributed by atoms with Crippen LogP contribution in [0.5, 0.6) is 0 Å². The van der Waals surface area contributed by atoms with Gasteiger partial charge in [0.2, 0.25) is 0 Å². The van der Waals surface area contributed by atoms with Crippen molar-refractivity contribution >= 4 is 21.4 Å². The van der Waals surface area contributed by atoms with Crippen molar-refractivity contribution in [2.75, 3.05) is 0 Å². The molecule has 0 saturated heterocycles. The molecule has 1 heterocycles.